The lowest BCUT2D eigenvalue weighted by molar-refractivity contribution is -0.154. The molecule has 0 spiro atoms. The number of fused-ring (bicyclic) bond motifs is 1. The van der Waals surface area contributed by atoms with Gasteiger partial charge in [0.05, 0.1) is 0 Å². The van der Waals surface area contributed by atoms with E-state index in [1.165, 1.54) is 18.3 Å². The number of carbonyl (C=O) groups excluding carboxylic acids is 1. The minimum atomic E-state index is -4.46. The highest BCUT2D eigenvalue weighted by molar-refractivity contribution is 5.96. The Hall–Kier alpha value is -1.25. The zero-order valence-corrected chi connectivity index (χ0v) is 14.2. The molecule has 3 rings (SSSR count). The number of rotatable bonds is 3. The van der Waals surface area contributed by atoms with Crippen LogP contribution in [0.15, 0.2) is 18.3 Å². The molecule has 1 aromatic rings. The first-order chi connectivity index (χ1) is 10.4. The number of aromatic nitrogens is 1. The van der Waals surface area contributed by atoms with Crippen LogP contribution in [0.3, 0.4) is 0 Å². The predicted octanol–water partition coefficient (Wildman–Crippen LogP) is 2.16. The van der Waals surface area contributed by atoms with Gasteiger partial charge in [0.15, 0.2) is 6.61 Å². The minimum Gasteiger partial charge on any atom is -0.467 e. The highest BCUT2D eigenvalue weighted by Crippen LogP contribution is 2.29. The third kappa shape index (κ3) is 4.64. The molecule has 0 aromatic carbocycles. The van der Waals surface area contributed by atoms with Gasteiger partial charge < -0.3 is 15.0 Å². The summed E-state index contributed by atoms with van der Waals surface area (Å²) in [6.45, 7) is 1.52. The van der Waals surface area contributed by atoms with E-state index in [1.54, 1.807) is 4.90 Å². The first kappa shape index (κ1) is 20.8. The van der Waals surface area contributed by atoms with E-state index >= 15 is 0 Å². The fourth-order valence-corrected chi connectivity index (χ4v) is 3.01. The van der Waals surface area contributed by atoms with Crippen LogP contribution in [0.25, 0.3) is 0 Å². The lowest BCUT2D eigenvalue weighted by atomic mass is 10.0. The number of nitrogens with one attached hydrogen (secondary N) is 1. The number of halogens is 5. The third-order valence-electron chi connectivity index (χ3n) is 4.05. The SMILES string of the molecule is Cl.Cl.O=C(c1cccnc1OCC(F)(F)F)N1C[C@H]2CNC[C@H]2C1. The van der Waals surface area contributed by atoms with Crippen LogP contribution in [0.4, 0.5) is 13.2 Å². The Bertz CT molecular complexity index is 562. The van der Waals surface area contributed by atoms with E-state index in [4.69, 9.17) is 0 Å². The van der Waals surface area contributed by atoms with E-state index in [9.17, 15) is 18.0 Å². The lowest BCUT2D eigenvalue weighted by Crippen LogP contribution is -2.32. The van der Waals surface area contributed by atoms with Gasteiger partial charge >= 0.3 is 6.18 Å². The first-order valence-electron chi connectivity index (χ1n) is 7.08. The van der Waals surface area contributed by atoms with Crippen molar-refractivity contribution in [3.05, 3.63) is 23.9 Å². The van der Waals surface area contributed by atoms with Crippen molar-refractivity contribution < 1.29 is 22.7 Å². The summed E-state index contributed by atoms with van der Waals surface area (Å²) in [4.78, 5) is 18.0. The fourth-order valence-electron chi connectivity index (χ4n) is 3.01. The molecule has 136 valence electrons. The number of hydrogen-bond donors (Lipinski definition) is 1. The molecule has 2 aliphatic rings. The van der Waals surface area contributed by atoms with E-state index in [1.807, 2.05) is 0 Å². The van der Waals surface area contributed by atoms with Crippen molar-refractivity contribution in [1.29, 1.82) is 0 Å². The van der Waals surface area contributed by atoms with Gasteiger partial charge in [0, 0.05) is 32.4 Å². The molecule has 0 aliphatic carbocycles. The maximum atomic E-state index is 12.5. The van der Waals surface area contributed by atoms with Crippen LogP contribution < -0.4 is 10.1 Å². The summed E-state index contributed by atoms with van der Waals surface area (Å²) in [6, 6.07) is 2.97. The molecular formula is C14H18Cl2F3N3O2. The predicted molar refractivity (Wildman–Crippen MR) is 86.0 cm³/mol. The molecule has 1 amide bonds. The zero-order chi connectivity index (χ0) is 15.7. The number of ether oxygens (including phenoxy) is 1. The quantitative estimate of drug-likeness (QED) is 0.863. The molecule has 5 nitrogen and oxygen atoms in total. The van der Waals surface area contributed by atoms with Crippen molar-refractivity contribution in [1.82, 2.24) is 15.2 Å². The van der Waals surface area contributed by atoms with Crippen molar-refractivity contribution in [2.45, 2.75) is 6.18 Å². The van der Waals surface area contributed by atoms with Gasteiger partial charge in [-0.3, -0.25) is 4.79 Å². The van der Waals surface area contributed by atoms with Gasteiger partial charge in [0.1, 0.15) is 5.56 Å². The summed E-state index contributed by atoms with van der Waals surface area (Å²) < 4.78 is 41.5. The van der Waals surface area contributed by atoms with E-state index in [2.05, 4.69) is 15.0 Å². The van der Waals surface area contributed by atoms with Crippen LogP contribution in [0.2, 0.25) is 0 Å². The maximum Gasteiger partial charge on any atom is 0.422 e. The molecule has 10 heteroatoms. The Labute approximate surface area is 149 Å². The van der Waals surface area contributed by atoms with Gasteiger partial charge in [-0.25, -0.2) is 4.98 Å². The van der Waals surface area contributed by atoms with Gasteiger partial charge in [0.25, 0.3) is 5.91 Å². The topological polar surface area (TPSA) is 54.5 Å². The largest absolute Gasteiger partial charge is 0.467 e. The van der Waals surface area contributed by atoms with Gasteiger partial charge in [0.2, 0.25) is 5.88 Å². The normalized spacial score (nSPS) is 22.4. The van der Waals surface area contributed by atoms with E-state index < -0.39 is 12.8 Å². The Morgan fingerprint density at radius 1 is 1.29 bits per heavy atom. The number of amides is 1. The molecule has 3 heterocycles. The highest BCUT2D eigenvalue weighted by Gasteiger charge is 2.39. The average molecular weight is 388 g/mol. The summed E-state index contributed by atoms with van der Waals surface area (Å²) in [5.41, 5.74) is 0.0830. The summed E-state index contributed by atoms with van der Waals surface area (Å²) in [5.74, 6) is 0.250. The lowest BCUT2D eigenvalue weighted by Gasteiger charge is -2.19. The molecular weight excluding hydrogens is 370 g/mol. The monoisotopic (exact) mass is 387 g/mol. The number of likely N-dealkylation sites (tertiary alicyclic amines) is 1. The second kappa shape index (κ2) is 8.22. The van der Waals surface area contributed by atoms with Crippen LogP contribution in [-0.2, 0) is 0 Å². The zero-order valence-electron chi connectivity index (χ0n) is 12.6. The van der Waals surface area contributed by atoms with Gasteiger partial charge in [-0.15, -0.1) is 24.8 Å². The molecule has 2 saturated heterocycles. The summed E-state index contributed by atoms with van der Waals surface area (Å²) in [6.07, 6.45) is -3.15. The minimum absolute atomic E-state index is 0. The van der Waals surface area contributed by atoms with Crippen molar-refractivity contribution >= 4 is 30.7 Å². The summed E-state index contributed by atoms with van der Waals surface area (Å²) in [7, 11) is 0. The number of alkyl halides is 3. The van der Waals surface area contributed by atoms with E-state index in [-0.39, 0.29) is 42.2 Å². The van der Waals surface area contributed by atoms with Crippen LogP contribution in [0.1, 0.15) is 10.4 Å². The highest BCUT2D eigenvalue weighted by atomic mass is 35.5. The molecule has 1 N–H and O–H groups in total. The average Bonchev–Trinajstić information content (AvgIpc) is 3.05. The smallest absolute Gasteiger partial charge is 0.422 e. The first-order valence-corrected chi connectivity index (χ1v) is 7.08. The molecule has 2 fully saturated rings. The Morgan fingerprint density at radius 2 is 1.92 bits per heavy atom. The van der Waals surface area contributed by atoms with Gasteiger partial charge in [-0.05, 0) is 24.0 Å². The maximum absolute atomic E-state index is 12.5. The van der Waals surface area contributed by atoms with E-state index in [0.717, 1.165) is 13.1 Å². The summed E-state index contributed by atoms with van der Waals surface area (Å²) in [5, 5.41) is 3.27. The second-order valence-corrected chi connectivity index (χ2v) is 5.65. The molecule has 0 saturated carbocycles. The number of hydrogen-bond acceptors (Lipinski definition) is 4. The molecule has 0 radical (unpaired) electrons. The number of nitrogens with zero attached hydrogens (tertiary/aromatic N) is 2. The van der Waals surface area contributed by atoms with Crippen LogP contribution in [-0.4, -0.2) is 54.8 Å². The van der Waals surface area contributed by atoms with Crippen LogP contribution in [0, 0.1) is 11.8 Å². The molecule has 0 bridgehead atoms. The molecule has 2 atom stereocenters. The molecule has 24 heavy (non-hydrogen) atoms. The van der Waals surface area contributed by atoms with E-state index in [0.29, 0.717) is 24.9 Å². The van der Waals surface area contributed by atoms with Gasteiger partial charge in [-0.1, -0.05) is 0 Å². The molecule has 2 aliphatic heterocycles. The van der Waals surface area contributed by atoms with Crippen molar-refractivity contribution in [2.24, 2.45) is 11.8 Å². The fraction of sp³-hybridized carbons (Fsp3) is 0.571. The van der Waals surface area contributed by atoms with Crippen LogP contribution in [0.5, 0.6) is 5.88 Å². The number of pyridine rings is 1. The Morgan fingerprint density at radius 3 is 2.50 bits per heavy atom. The van der Waals surface area contributed by atoms with Crippen molar-refractivity contribution in [3.8, 4) is 5.88 Å². The summed E-state index contributed by atoms with van der Waals surface area (Å²) >= 11 is 0. The number of carbonyl (C=O) groups is 1. The molecule has 0 unspecified atom stereocenters. The molecule has 1 aromatic heterocycles. The second-order valence-electron chi connectivity index (χ2n) is 5.65. The van der Waals surface area contributed by atoms with Gasteiger partial charge in [-0.2, -0.15) is 13.2 Å². The third-order valence-corrected chi connectivity index (χ3v) is 4.05. The van der Waals surface area contributed by atoms with Crippen molar-refractivity contribution in [3.63, 3.8) is 0 Å². The Balaban J connectivity index is 0.00000144. The van der Waals surface area contributed by atoms with Crippen LogP contribution >= 0.6 is 24.8 Å². The Kier molecular flexibility index (Phi) is 7.12. The van der Waals surface area contributed by atoms with Crippen molar-refractivity contribution in [2.75, 3.05) is 32.8 Å². The standard InChI is InChI=1S/C14H16F3N3O2.2ClH/c15-14(16,17)8-22-12-11(2-1-3-19-12)13(21)20-6-9-4-18-5-10(9)7-20;;/h1-3,9-10,18H,4-8H2;2*1H/t9-,10+;;.